The molecule has 0 aliphatic rings. The first-order chi connectivity index (χ1) is 10.8. The van der Waals surface area contributed by atoms with Gasteiger partial charge >= 0.3 is 6.09 Å². The van der Waals surface area contributed by atoms with Crippen molar-refractivity contribution in [1.82, 2.24) is 4.90 Å². The van der Waals surface area contributed by atoms with Crippen LogP contribution in [0.3, 0.4) is 0 Å². The van der Waals surface area contributed by atoms with E-state index in [0.717, 1.165) is 11.1 Å². The van der Waals surface area contributed by atoms with Crippen LogP contribution in [0.1, 0.15) is 31.9 Å². The molecule has 0 aliphatic heterocycles. The number of oxime groups is 1. The second kappa shape index (κ2) is 7.03. The summed E-state index contributed by atoms with van der Waals surface area (Å²) in [6, 6.07) is 7.57. The number of amides is 1. The van der Waals surface area contributed by atoms with Gasteiger partial charge in [-0.2, -0.15) is 0 Å². The monoisotopic (exact) mass is 324 g/mol. The zero-order valence-electron chi connectivity index (χ0n) is 16.0. The lowest BCUT2D eigenvalue weighted by Gasteiger charge is -2.48. The number of nitrogens with zero attached hydrogens (tertiary/aromatic N) is 2. The van der Waals surface area contributed by atoms with Gasteiger partial charge in [0.2, 0.25) is 0 Å². The van der Waals surface area contributed by atoms with Crippen LogP contribution in [0.25, 0.3) is 0 Å². The summed E-state index contributed by atoms with van der Waals surface area (Å²) in [6.45, 7) is 5.59. The lowest BCUT2D eigenvalue weighted by Crippen LogP contribution is -2.64. The third-order valence-electron chi connectivity index (χ3n) is 3.63. The molecule has 0 spiro atoms. The topological polar surface area (TPSA) is 62.1 Å². The average Bonchev–Trinajstić information content (AvgIpc) is 2.35. The minimum Gasteiger partial charge on any atom is -0.444 e. The molecule has 1 N–H and O–H groups in total. The van der Waals surface area contributed by atoms with E-state index in [9.17, 15) is 4.79 Å². The van der Waals surface area contributed by atoms with Gasteiger partial charge in [-0.15, -0.1) is 0 Å². The third kappa shape index (κ3) is 5.15. The van der Waals surface area contributed by atoms with Gasteiger partial charge in [-0.25, -0.2) is 4.79 Å². The summed E-state index contributed by atoms with van der Waals surface area (Å²) in [6.07, 6.45) is 1.02. The first-order valence-corrected chi connectivity index (χ1v) is 8.10. The van der Waals surface area contributed by atoms with Crippen LogP contribution < -0.4 is 0 Å². The molecule has 0 saturated carbocycles. The second-order valence-electron chi connectivity index (χ2n) is 8.41. The number of rotatable bonds is 4. The van der Waals surface area contributed by atoms with Gasteiger partial charge in [0.1, 0.15) is 44.8 Å². The van der Waals surface area contributed by atoms with Crippen molar-refractivity contribution in [3.63, 3.8) is 0 Å². The van der Waals surface area contributed by atoms with Gasteiger partial charge < -0.3 is 14.8 Å². The third-order valence-corrected chi connectivity index (χ3v) is 3.63. The number of hydrogen-bond donors (Lipinski definition) is 1. The molecule has 0 bridgehead atoms. The molecule has 0 aliphatic carbocycles. The van der Waals surface area contributed by atoms with Crippen LogP contribution in [0.15, 0.2) is 29.4 Å². The fraction of sp³-hybridized carbons (Fsp3) is 0.429. The molecule has 1 amide bonds. The number of benzene rings is 1. The van der Waals surface area contributed by atoms with Gasteiger partial charge in [-0.3, -0.25) is 0 Å². The highest BCUT2D eigenvalue weighted by Gasteiger charge is 2.41. The van der Waals surface area contributed by atoms with Crippen molar-refractivity contribution < 1.29 is 14.7 Å². The molecule has 24 heavy (non-hydrogen) atoms. The number of ether oxygens (including phenoxy) is 1. The van der Waals surface area contributed by atoms with Crippen LogP contribution in [0, 0.1) is 0 Å². The summed E-state index contributed by atoms with van der Waals surface area (Å²) >= 11 is 0. The molecule has 1 aromatic carbocycles. The lowest BCUT2D eigenvalue weighted by molar-refractivity contribution is 0.0174. The summed E-state index contributed by atoms with van der Waals surface area (Å²) < 4.78 is 5.63. The van der Waals surface area contributed by atoms with Crippen molar-refractivity contribution in [3.05, 3.63) is 35.4 Å². The first kappa shape index (κ1) is 20.3. The fourth-order valence-corrected chi connectivity index (χ4v) is 2.82. The molecular formula is C14H25B5N2O3. The minimum atomic E-state index is -0.574. The van der Waals surface area contributed by atoms with Crippen LogP contribution in [-0.2, 0) is 10.1 Å². The quantitative estimate of drug-likeness (QED) is 0.291. The molecule has 5 nitrogen and oxygen atoms in total. The Balaban J connectivity index is 3.27. The Kier molecular flexibility index (Phi) is 5.96. The van der Waals surface area contributed by atoms with E-state index in [2.05, 4.69) is 5.16 Å². The van der Waals surface area contributed by atoms with Crippen LogP contribution in [-0.4, -0.2) is 72.5 Å². The maximum absolute atomic E-state index is 12.8. The van der Waals surface area contributed by atoms with Gasteiger partial charge in [-0.1, -0.05) is 29.4 Å². The molecule has 0 unspecified atom stereocenters. The highest BCUT2D eigenvalue weighted by Crippen LogP contribution is 2.28. The smallest absolute Gasteiger partial charge is 0.408 e. The maximum atomic E-state index is 12.8. The molecule has 124 valence electrons. The van der Waals surface area contributed by atoms with E-state index < -0.39 is 16.2 Å². The van der Waals surface area contributed by atoms with Gasteiger partial charge in [-0.05, 0) is 37.1 Å². The van der Waals surface area contributed by atoms with Crippen molar-refractivity contribution >= 4 is 51.5 Å². The Labute approximate surface area is 149 Å². The van der Waals surface area contributed by atoms with Crippen LogP contribution in [0.5, 0.6) is 0 Å². The van der Waals surface area contributed by atoms with Gasteiger partial charge in [0.15, 0.2) is 0 Å². The molecule has 0 heterocycles. The average molecular weight is 323 g/mol. The van der Waals surface area contributed by atoms with E-state index in [1.165, 1.54) is 6.21 Å². The summed E-state index contributed by atoms with van der Waals surface area (Å²) in [5.41, 5.74) is 1.20. The van der Waals surface area contributed by atoms with Gasteiger partial charge in [0.25, 0.3) is 0 Å². The van der Waals surface area contributed by atoms with Crippen molar-refractivity contribution in [2.45, 2.75) is 36.9 Å². The Morgan fingerprint density at radius 2 is 1.62 bits per heavy atom. The zero-order valence-corrected chi connectivity index (χ0v) is 16.0. The number of hydrogen-bond acceptors (Lipinski definition) is 4. The van der Waals surface area contributed by atoms with E-state index in [1.807, 2.05) is 84.3 Å². The summed E-state index contributed by atoms with van der Waals surface area (Å²) in [5, 5.41) is 10.7. The summed E-state index contributed by atoms with van der Waals surface area (Å²) in [5.74, 6) is 0. The zero-order chi connectivity index (χ0) is 18.8. The van der Waals surface area contributed by atoms with Crippen molar-refractivity contribution in [1.29, 1.82) is 0 Å². The summed E-state index contributed by atoms with van der Waals surface area (Å²) in [4.78, 5) is 14.6. The van der Waals surface area contributed by atoms with Crippen molar-refractivity contribution in [2.75, 3.05) is 0 Å². The Bertz CT molecular complexity index is 606. The lowest BCUT2D eigenvalue weighted by atomic mass is 9.44. The van der Waals surface area contributed by atoms with E-state index in [1.54, 1.807) is 4.90 Å². The normalized spacial score (nSPS) is 13.0. The maximum Gasteiger partial charge on any atom is 0.408 e. The molecule has 0 fully saturated rings. The largest absolute Gasteiger partial charge is 0.444 e. The fourth-order valence-electron chi connectivity index (χ4n) is 2.82. The molecule has 0 aromatic heterocycles. The standard InChI is InChI=1S/C14H25B5N2O3/c1-12(2,3)24-11(22)21(14(17,18)19)13(15,16)10-6-4-9(5-7-10)8-20-23/h4-8,23H,15-19H2,1-3H3/b20-8+. The van der Waals surface area contributed by atoms with Crippen LogP contribution >= 0.6 is 0 Å². The summed E-state index contributed by atoms with van der Waals surface area (Å²) in [7, 11) is 9.97. The van der Waals surface area contributed by atoms with Crippen LogP contribution in [0.2, 0.25) is 0 Å². The Morgan fingerprint density at radius 1 is 1.12 bits per heavy atom. The minimum absolute atomic E-state index is 0.346. The van der Waals surface area contributed by atoms with E-state index in [-0.39, 0.29) is 6.09 Å². The second-order valence-corrected chi connectivity index (χ2v) is 8.41. The first-order valence-electron chi connectivity index (χ1n) is 8.10. The van der Waals surface area contributed by atoms with Gasteiger partial charge in [0, 0.05) is 5.34 Å². The molecular weight excluding hydrogens is 298 g/mol. The van der Waals surface area contributed by atoms with Gasteiger partial charge in [0.05, 0.1) is 6.21 Å². The predicted octanol–water partition coefficient (Wildman–Crippen LogP) is -2.38. The SMILES string of the molecule is BC(B)(B)N(C(=O)OC(C)(C)C)C(B)(B)c1ccc(/C=N/O)cc1. The Morgan fingerprint density at radius 3 is 2.00 bits per heavy atom. The number of carbonyl (C=O) groups excluding carboxylic acids is 1. The molecule has 0 atom stereocenters. The molecule has 1 rings (SSSR count). The highest BCUT2D eigenvalue weighted by atomic mass is 16.6. The van der Waals surface area contributed by atoms with E-state index in [4.69, 9.17) is 9.94 Å². The molecule has 1 aromatic rings. The van der Waals surface area contributed by atoms with E-state index >= 15 is 0 Å². The number of carbonyl (C=O) groups is 1. The molecule has 0 radical (unpaired) electrons. The Hall–Kier alpha value is -1.72. The predicted molar refractivity (Wildman–Crippen MR) is 111 cm³/mol. The van der Waals surface area contributed by atoms with Crippen molar-refractivity contribution in [2.24, 2.45) is 5.16 Å². The van der Waals surface area contributed by atoms with Crippen molar-refractivity contribution in [3.8, 4) is 0 Å². The highest BCUT2D eigenvalue weighted by molar-refractivity contribution is 6.60. The van der Waals surface area contributed by atoms with E-state index in [0.29, 0.717) is 0 Å². The van der Waals surface area contributed by atoms with Crippen LogP contribution in [0.4, 0.5) is 4.79 Å². The molecule has 10 heteroatoms. The molecule has 0 saturated heterocycles.